The number of rotatable bonds is 7. The Balaban J connectivity index is 1.43. The van der Waals surface area contributed by atoms with Crippen LogP contribution in [0.3, 0.4) is 0 Å². The summed E-state index contributed by atoms with van der Waals surface area (Å²) in [4.78, 5) is 0. The quantitative estimate of drug-likeness (QED) is 0.444. The molecule has 4 fully saturated rings. The van der Waals surface area contributed by atoms with Crippen molar-refractivity contribution in [3.8, 4) is 0 Å². The number of aliphatic hydroxyl groups excluding tert-OH is 1. The van der Waals surface area contributed by atoms with Crippen LogP contribution in [-0.4, -0.2) is 11.7 Å². The second-order valence-electron chi connectivity index (χ2n) is 13.0. The minimum atomic E-state index is 0.360. The van der Waals surface area contributed by atoms with Crippen LogP contribution >= 0.6 is 0 Å². The molecule has 0 bridgehead atoms. The average molecular weight is 417 g/mol. The van der Waals surface area contributed by atoms with Gasteiger partial charge in [-0.3, -0.25) is 0 Å². The molecule has 0 aromatic rings. The summed E-state index contributed by atoms with van der Waals surface area (Å²) >= 11 is 0. The Kier molecular flexibility index (Phi) is 6.99. The van der Waals surface area contributed by atoms with Gasteiger partial charge in [-0.2, -0.15) is 0 Å². The molecule has 0 heterocycles. The van der Waals surface area contributed by atoms with Gasteiger partial charge in [0.25, 0.3) is 0 Å². The summed E-state index contributed by atoms with van der Waals surface area (Å²) in [5, 5.41) is 9.62. The van der Waals surface area contributed by atoms with Crippen molar-refractivity contribution in [2.45, 2.75) is 118 Å². The summed E-state index contributed by atoms with van der Waals surface area (Å²) in [7, 11) is 0. The Morgan fingerprint density at radius 1 is 0.833 bits per heavy atom. The first kappa shape index (κ1) is 23.1. The zero-order valence-corrected chi connectivity index (χ0v) is 21.0. The van der Waals surface area contributed by atoms with Crippen molar-refractivity contribution in [1.82, 2.24) is 0 Å². The zero-order chi connectivity index (χ0) is 21.5. The van der Waals surface area contributed by atoms with Gasteiger partial charge in [0, 0.05) is 6.61 Å². The van der Waals surface area contributed by atoms with Crippen molar-refractivity contribution < 1.29 is 5.11 Å². The highest BCUT2D eigenvalue weighted by atomic mass is 16.3. The fourth-order valence-corrected chi connectivity index (χ4v) is 9.99. The third-order valence-corrected chi connectivity index (χ3v) is 12.0. The van der Waals surface area contributed by atoms with Gasteiger partial charge in [-0.1, -0.05) is 60.3 Å². The van der Waals surface area contributed by atoms with Gasteiger partial charge in [-0.05, 0) is 116 Å². The lowest BCUT2D eigenvalue weighted by atomic mass is 9.44. The summed E-state index contributed by atoms with van der Waals surface area (Å²) in [6.07, 6.45) is 19.2. The van der Waals surface area contributed by atoms with Crippen LogP contribution in [0.15, 0.2) is 0 Å². The Hall–Kier alpha value is -0.0400. The van der Waals surface area contributed by atoms with Crippen molar-refractivity contribution >= 4 is 0 Å². The first-order chi connectivity index (χ1) is 14.3. The van der Waals surface area contributed by atoms with E-state index in [2.05, 4.69) is 34.6 Å². The number of fused-ring (bicyclic) bond motifs is 5. The molecule has 10 atom stereocenters. The van der Waals surface area contributed by atoms with E-state index in [1.165, 1.54) is 70.6 Å². The summed E-state index contributed by atoms with van der Waals surface area (Å²) in [6, 6.07) is 0. The van der Waals surface area contributed by atoms with E-state index >= 15 is 0 Å². The Labute approximate surface area is 188 Å². The Morgan fingerprint density at radius 2 is 1.60 bits per heavy atom. The van der Waals surface area contributed by atoms with Crippen LogP contribution in [0.5, 0.6) is 0 Å². The van der Waals surface area contributed by atoms with Gasteiger partial charge in [-0.25, -0.2) is 0 Å². The Bertz CT molecular complexity index is 571. The number of aliphatic hydroxyl groups is 1. The van der Waals surface area contributed by atoms with E-state index in [0.29, 0.717) is 29.3 Å². The predicted octanol–water partition coefficient (Wildman–Crippen LogP) is 8.11. The van der Waals surface area contributed by atoms with Crippen LogP contribution < -0.4 is 0 Å². The van der Waals surface area contributed by atoms with E-state index in [0.717, 1.165) is 35.5 Å². The lowest BCUT2D eigenvalue weighted by Crippen LogP contribution is -2.53. The van der Waals surface area contributed by atoms with Crippen LogP contribution in [0.25, 0.3) is 0 Å². The molecule has 30 heavy (non-hydrogen) atoms. The van der Waals surface area contributed by atoms with Gasteiger partial charge in [0.15, 0.2) is 0 Å². The lowest BCUT2D eigenvalue weighted by Gasteiger charge is -2.61. The lowest BCUT2D eigenvalue weighted by molar-refractivity contribution is -0.114. The number of hydrogen-bond acceptors (Lipinski definition) is 1. The van der Waals surface area contributed by atoms with E-state index in [1.54, 1.807) is 12.8 Å². The normalized spacial score (nSPS) is 46.4. The molecule has 0 radical (unpaired) electrons. The monoisotopic (exact) mass is 416 g/mol. The molecule has 1 nitrogen and oxygen atoms in total. The van der Waals surface area contributed by atoms with Crippen LogP contribution in [0.2, 0.25) is 0 Å². The summed E-state index contributed by atoms with van der Waals surface area (Å²) < 4.78 is 0. The molecule has 4 aliphatic carbocycles. The van der Waals surface area contributed by atoms with Gasteiger partial charge in [-0.15, -0.1) is 0 Å². The zero-order valence-electron chi connectivity index (χ0n) is 21.0. The van der Waals surface area contributed by atoms with Crippen LogP contribution in [0.1, 0.15) is 118 Å². The third-order valence-electron chi connectivity index (χ3n) is 12.0. The van der Waals surface area contributed by atoms with Gasteiger partial charge in [0.05, 0.1) is 0 Å². The maximum absolute atomic E-state index is 9.62. The molecule has 4 aliphatic rings. The second-order valence-corrected chi connectivity index (χ2v) is 13.0. The topological polar surface area (TPSA) is 20.2 Å². The fraction of sp³-hybridized carbons (Fsp3) is 1.00. The molecular weight excluding hydrogens is 364 g/mol. The fourth-order valence-electron chi connectivity index (χ4n) is 9.99. The van der Waals surface area contributed by atoms with Crippen molar-refractivity contribution in [1.29, 1.82) is 0 Å². The second kappa shape index (κ2) is 9.07. The van der Waals surface area contributed by atoms with E-state index in [1.807, 2.05) is 0 Å². The van der Waals surface area contributed by atoms with E-state index in [-0.39, 0.29) is 0 Å². The Morgan fingerprint density at radius 3 is 2.33 bits per heavy atom. The van der Waals surface area contributed by atoms with Gasteiger partial charge in [0.1, 0.15) is 0 Å². The first-order valence-corrected chi connectivity index (χ1v) is 14.0. The van der Waals surface area contributed by atoms with Crippen molar-refractivity contribution in [3.63, 3.8) is 0 Å². The molecule has 0 aromatic heterocycles. The summed E-state index contributed by atoms with van der Waals surface area (Å²) in [5.41, 5.74) is 1.30. The molecule has 0 amide bonds. The molecule has 4 rings (SSSR count). The maximum atomic E-state index is 9.62. The van der Waals surface area contributed by atoms with Crippen molar-refractivity contribution in [2.24, 2.45) is 58.2 Å². The van der Waals surface area contributed by atoms with E-state index in [4.69, 9.17) is 0 Å². The molecule has 1 N–H and O–H groups in total. The summed E-state index contributed by atoms with van der Waals surface area (Å²) in [6.45, 7) is 13.0. The SMILES string of the molecule is CCC(CC[C@@H](C)[C@H]1CC[C@H]2[C@@H]3CCC4CCCC[C@]4(C)[C@H]3CC[C@]12C)C(C)CO. The molecule has 0 aliphatic heterocycles. The van der Waals surface area contributed by atoms with Crippen molar-refractivity contribution in [3.05, 3.63) is 0 Å². The van der Waals surface area contributed by atoms with E-state index < -0.39 is 0 Å². The molecule has 0 spiro atoms. The average Bonchev–Trinajstić information content (AvgIpc) is 3.10. The summed E-state index contributed by atoms with van der Waals surface area (Å²) in [5.74, 6) is 7.13. The smallest absolute Gasteiger partial charge is 0.0459 e. The van der Waals surface area contributed by atoms with Crippen molar-refractivity contribution in [2.75, 3.05) is 6.61 Å². The molecule has 1 heteroatoms. The van der Waals surface area contributed by atoms with Gasteiger partial charge < -0.3 is 5.11 Å². The molecule has 0 aromatic carbocycles. The van der Waals surface area contributed by atoms with Crippen LogP contribution in [0, 0.1) is 58.2 Å². The minimum Gasteiger partial charge on any atom is -0.396 e. The molecular formula is C29H52O. The predicted molar refractivity (Wildman–Crippen MR) is 128 cm³/mol. The largest absolute Gasteiger partial charge is 0.396 e. The van der Waals surface area contributed by atoms with Crippen LogP contribution in [-0.2, 0) is 0 Å². The molecule has 4 saturated carbocycles. The maximum Gasteiger partial charge on any atom is 0.0459 e. The number of hydrogen-bond donors (Lipinski definition) is 1. The molecule has 3 unspecified atom stereocenters. The minimum absolute atomic E-state index is 0.360. The molecule has 174 valence electrons. The highest BCUT2D eigenvalue weighted by Crippen LogP contribution is 2.68. The highest BCUT2D eigenvalue weighted by molar-refractivity contribution is 5.09. The van der Waals surface area contributed by atoms with Crippen LogP contribution in [0.4, 0.5) is 0 Å². The highest BCUT2D eigenvalue weighted by Gasteiger charge is 2.60. The van der Waals surface area contributed by atoms with E-state index in [9.17, 15) is 5.11 Å². The third kappa shape index (κ3) is 3.82. The van der Waals surface area contributed by atoms with Gasteiger partial charge >= 0.3 is 0 Å². The first-order valence-electron chi connectivity index (χ1n) is 14.0. The molecule has 0 saturated heterocycles. The van der Waals surface area contributed by atoms with Gasteiger partial charge in [0.2, 0.25) is 0 Å². The standard InChI is InChI=1S/C29H52O/c1-6-22(21(3)19-30)11-10-20(2)25-14-15-26-24-13-12-23-9-7-8-17-28(23,4)27(24)16-18-29(25,26)5/h20-27,30H,6-19H2,1-5H3/t20-,21?,22?,23?,24+,25-,26+,27+,28+,29-/m1/s1.